The lowest BCUT2D eigenvalue weighted by Gasteiger charge is -2.03. The monoisotopic (exact) mass is 153 g/mol. The van der Waals surface area contributed by atoms with Crippen LogP contribution in [0, 0.1) is 5.92 Å². The highest BCUT2D eigenvalue weighted by atomic mass is 14.5. The summed E-state index contributed by atoms with van der Waals surface area (Å²) in [6, 6.07) is 0. The minimum Gasteiger partial charge on any atom is -0.327 e. The van der Waals surface area contributed by atoms with Crippen LogP contribution in [0.25, 0.3) is 0 Å². The largest absolute Gasteiger partial charge is 0.327 e. The van der Waals surface area contributed by atoms with Gasteiger partial charge >= 0.3 is 0 Å². The van der Waals surface area contributed by atoms with Gasteiger partial charge in [-0.15, -0.1) is 0 Å². The molecule has 0 aromatic carbocycles. The number of allylic oxidation sites excluding steroid dienone is 3. The molecule has 64 valence electrons. The van der Waals surface area contributed by atoms with Crippen LogP contribution in [0.1, 0.15) is 26.7 Å². The molecule has 0 radical (unpaired) electrons. The molecule has 0 fully saturated rings. The van der Waals surface area contributed by atoms with Gasteiger partial charge in [0.2, 0.25) is 0 Å². The molecule has 1 heteroatoms. The van der Waals surface area contributed by atoms with Gasteiger partial charge in [-0.1, -0.05) is 38.2 Å². The number of hydrogen-bond donors (Lipinski definition) is 1. The van der Waals surface area contributed by atoms with Crippen LogP contribution in [0.2, 0.25) is 0 Å². The molecule has 0 bridgehead atoms. The van der Waals surface area contributed by atoms with Gasteiger partial charge in [-0.25, -0.2) is 0 Å². The molecule has 11 heavy (non-hydrogen) atoms. The lowest BCUT2D eigenvalue weighted by Crippen LogP contribution is -1.92. The minimum atomic E-state index is 0.632. The van der Waals surface area contributed by atoms with Gasteiger partial charge in [0.05, 0.1) is 0 Å². The van der Waals surface area contributed by atoms with Gasteiger partial charge in [0.15, 0.2) is 0 Å². The molecule has 0 heterocycles. The molecule has 0 atom stereocenters. The summed E-state index contributed by atoms with van der Waals surface area (Å²) in [5.41, 5.74) is 5.29. The topological polar surface area (TPSA) is 26.0 Å². The van der Waals surface area contributed by atoms with E-state index in [1.54, 1.807) is 0 Å². The Morgan fingerprint density at radius 3 is 2.27 bits per heavy atom. The van der Waals surface area contributed by atoms with Crippen molar-refractivity contribution < 1.29 is 0 Å². The van der Waals surface area contributed by atoms with Gasteiger partial charge in [-0.3, -0.25) is 0 Å². The van der Waals surface area contributed by atoms with Gasteiger partial charge in [0.25, 0.3) is 0 Å². The van der Waals surface area contributed by atoms with Crippen molar-refractivity contribution in [2.45, 2.75) is 26.7 Å². The third-order valence-corrected chi connectivity index (χ3v) is 1.82. The van der Waals surface area contributed by atoms with Gasteiger partial charge in [-0.05, 0) is 18.8 Å². The molecule has 0 amide bonds. The molecule has 0 aromatic rings. The Hall–Kier alpha value is -0.560. The van der Waals surface area contributed by atoms with E-state index in [-0.39, 0.29) is 0 Å². The summed E-state index contributed by atoms with van der Waals surface area (Å²) in [4.78, 5) is 0. The predicted octanol–water partition coefficient (Wildman–Crippen LogP) is 2.49. The SMILES string of the molecule is CCC(/C=C/C=C/CN)CC. The Morgan fingerprint density at radius 1 is 1.18 bits per heavy atom. The summed E-state index contributed by atoms with van der Waals surface area (Å²) < 4.78 is 0. The maximum Gasteiger partial charge on any atom is 0.0109 e. The van der Waals surface area contributed by atoms with Gasteiger partial charge in [-0.2, -0.15) is 0 Å². The molecule has 1 nitrogen and oxygen atoms in total. The van der Waals surface area contributed by atoms with Gasteiger partial charge < -0.3 is 5.73 Å². The highest BCUT2D eigenvalue weighted by Crippen LogP contribution is 2.08. The molecule has 0 saturated heterocycles. The van der Waals surface area contributed by atoms with Crippen LogP contribution in [-0.2, 0) is 0 Å². The summed E-state index contributed by atoms with van der Waals surface area (Å²) in [6.45, 7) is 5.06. The zero-order chi connectivity index (χ0) is 8.53. The van der Waals surface area contributed by atoms with Gasteiger partial charge in [0.1, 0.15) is 0 Å². The fourth-order valence-electron chi connectivity index (χ4n) is 0.939. The lowest BCUT2D eigenvalue weighted by molar-refractivity contribution is 0.606. The van der Waals surface area contributed by atoms with E-state index in [1.807, 2.05) is 12.2 Å². The van der Waals surface area contributed by atoms with Crippen LogP contribution in [0.5, 0.6) is 0 Å². The second-order valence-corrected chi connectivity index (χ2v) is 2.63. The first-order valence-corrected chi connectivity index (χ1v) is 4.38. The standard InChI is InChI=1S/C10H19N/c1-3-10(4-2)8-6-5-7-9-11/h5-8,10H,3-4,9,11H2,1-2H3/b7-5+,8-6+. The summed E-state index contributed by atoms with van der Waals surface area (Å²) in [7, 11) is 0. The normalized spacial score (nSPS) is 12.4. The Bertz CT molecular complexity index is 121. The third-order valence-electron chi connectivity index (χ3n) is 1.82. The second kappa shape index (κ2) is 7.55. The first-order valence-electron chi connectivity index (χ1n) is 4.38. The van der Waals surface area contributed by atoms with Crippen molar-refractivity contribution in [2.24, 2.45) is 11.7 Å². The quantitative estimate of drug-likeness (QED) is 0.603. The van der Waals surface area contributed by atoms with Crippen LogP contribution in [0.4, 0.5) is 0 Å². The zero-order valence-electron chi connectivity index (χ0n) is 7.59. The molecule has 0 aliphatic heterocycles. The molecule has 0 unspecified atom stereocenters. The summed E-state index contributed by atoms with van der Waals surface area (Å²) in [5, 5.41) is 0. The molecule has 0 aliphatic carbocycles. The second-order valence-electron chi connectivity index (χ2n) is 2.63. The maximum atomic E-state index is 5.29. The maximum absolute atomic E-state index is 5.29. The fraction of sp³-hybridized carbons (Fsp3) is 0.600. The number of rotatable bonds is 5. The highest BCUT2D eigenvalue weighted by molar-refractivity contribution is 5.04. The summed E-state index contributed by atoms with van der Waals surface area (Å²) >= 11 is 0. The Morgan fingerprint density at radius 2 is 1.82 bits per heavy atom. The van der Waals surface area contributed by atoms with Crippen molar-refractivity contribution >= 4 is 0 Å². The average Bonchev–Trinajstić information content (AvgIpc) is 2.05. The van der Waals surface area contributed by atoms with Crippen molar-refractivity contribution in [2.75, 3.05) is 6.54 Å². The van der Waals surface area contributed by atoms with Crippen LogP contribution in [0.3, 0.4) is 0 Å². The van der Waals surface area contributed by atoms with Crippen molar-refractivity contribution in [1.29, 1.82) is 0 Å². The van der Waals surface area contributed by atoms with Crippen LogP contribution >= 0.6 is 0 Å². The van der Waals surface area contributed by atoms with Crippen molar-refractivity contribution in [3.05, 3.63) is 24.3 Å². The van der Waals surface area contributed by atoms with Crippen LogP contribution in [0.15, 0.2) is 24.3 Å². The van der Waals surface area contributed by atoms with Gasteiger partial charge in [0, 0.05) is 6.54 Å². The van der Waals surface area contributed by atoms with Crippen molar-refractivity contribution in [1.82, 2.24) is 0 Å². The number of nitrogens with two attached hydrogens (primary N) is 1. The Kier molecular flexibility index (Phi) is 7.16. The number of hydrogen-bond acceptors (Lipinski definition) is 1. The Labute approximate surface area is 70.0 Å². The molecule has 2 N–H and O–H groups in total. The molecular formula is C10H19N. The Balaban J connectivity index is 3.61. The first-order chi connectivity index (χ1) is 5.35. The zero-order valence-corrected chi connectivity index (χ0v) is 7.59. The fourth-order valence-corrected chi connectivity index (χ4v) is 0.939. The molecule has 0 saturated carbocycles. The summed E-state index contributed by atoms with van der Waals surface area (Å²) in [5.74, 6) is 0.734. The van der Waals surface area contributed by atoms with E-state index >= 15 is 0 Å². The van der Waals surface area contributed by atoms with E-state index in [4.69, 9.17) is 5.73 Å². The molecule has 0 aliphatic rings. The smallest absolute Gasteiger partial charge is 0.0109 e. The first kappa shape index (κ1) is 10.4. The summed E-state index contributed by atoms with van der Waals surface area (Å²) in [6.07, 6.45) is 10.8. The van der Waals surface area contributed by atoms with E-state index < -0.39 is 0 Å². The third kappa shape index (κ3) is 5.86. The predicted molar refractivity (Wildman–Crippen MR) is 51.4 cm³/mol. The van der Waals surface area contributed by atoms with E-state index in [0.717, 1.165) is 5.92 Å². The van der Waals surface area contributed by atoms with Crippen molar-refractivity contribution in [3.63, 3.8) is 0 Å². The van der Waals surface area contributed by atoms with E-state index in [0.29, 0.717) is 6.54 Å². The minimum absolute atomic E-state index is 0.632. The van der Waals surface area contributed by atoms with E-state index in [9.17, 15) is 0 Å². The molecule has 0 rings (SSSR count). The molecule has 0 spiro atoms. The van der Waals surface area contributed by atoms with E-state index in [1.165, 1.54) is 12.8 Å². The highest BCUT2D eigenvalue weighted by Gasteiger charge is 1.94. The lowest BCUT2D eigenvalue weighted by atomic mass is 10.0. The van der Waals surface area contributed by atoms with E-state index in [2.05, 4.69) is 26.0 Å². The van der Waals surface area contributed by atoms with Crippen LogP contribution < -0.4 is 5.73 Å². The van der Waals surface area contributed by atoms with Crippen molar-refractivity contribution in [3.8, 4) is 0 Å². The molecular weight excluding hydrogens is 134 g/mol. The van der Waals surface area contributed by atoms with Crippen LogP contribution in [-0.4, -0.2) is 6.54 Å². The average molecular weight is 153 g/mol. The molecule has 0 aromatic heterocycles.